The first-order valence-electron chi connectivity index (χ1n) is 9.05. The molecule has 0 aliphatic rings. The van der Waals surface area contributed by atoms with E-state index in [-0.39, 0.29) is 0 Å². The van der Waals surface area contributed by atoms with Crippen molar-refractivity contribution in [2.24, 2.45) is 0 Å². The lowest BCUT2D eigenvalue weighted by Gasteiger charge is -2.00. The Balaban J connectivity index is 0. The number of unbranched alkanes of at least 4 members (excludes halogenated alkanes) is 12. The Morgan fingerprint density at radius 1 is 0.400 bits per heavy atom. The Kier molecular flexibility index (Phi) is 28.4. The Labute approximate surface area is 140 Å². The third-order valence-electron chi connectivity index (χ3n) is 3.52. The molecular weight excluding hydrogens is 280 g/mol. The molecule has 0 bridgehead atoms. The van der Waals surface area contributed by atoms with E-state index in [1.165, 1.54) is 89.9 Å². The van der Waals surface area contributed by atoms with Gasteiger partial charge in [0.15, 0.2) is 0 Å². The molecule has 0 N–H and O–H groups in total. The third kappa shape index (κ3) is 27.1. The van der Waals surface area contributed by atoms with Gasteiger partial charge in [-0.2, -0.15) is 25.3 Å². The van der Waals surface area contributed by atoms with Crippen LogP contribution in [0.4, 0.5) is 0 Å². The quantitative estimate of drug-likeness (QED) is 0.243. The fourth-order valence-corrected chi connectivity index (χ4v) is 2.59. The van der Waals surface area contributed by atoms with E-state index in [9.17, 15) is 0 Å². The molecule has 0 atom stereocenters. The van der Waals surface area contributed by atoms with Crippen LogP contribution in [-0.2, 0) is 0 Å². The molecule has 0 aromatic carbocycles. The molecule has 0 aliphatic carbocycles. The highest BCUT2D eigenvalue weighted by molar-refractivity contribution is 7.80. The van der Waals surface area contributed by atoms with Crippen molar-refractivity contribution >= 4 is 25.3 Å². The van der Waals surface area contributed by atoms with E-state index in [4.69, 9.17) is 0 Å². The summed E-state index contributed by atoms with van der Waals surface area (Å²) in [5.41, 5.74) is 0. The van der Waals surface area contributed by atoms with Crippen LogP contribution in [0.15, 0.2) is 0 Å². The van der Waals surface area contributed by atoms with Gasteiger partial charge in [0.25, 0.3) is 0 Å². The predicted molar refractivity (Wildman–Crippen MR) is 104 cm³/mol. The first-order valence-corrected chi connectivity index (χ1v) is 10.3. The molecule has 2 heteroatoms. The lowest BCUT2D eigenvalue weighted by molar-refractivity contribution is 0.563. The Bertz CT molecular complexity index is 123. The number of rotatable bonds is 14. The number of thiol groups is 2. The molecule has 0 nitrogen and oxygen atoms in total. The van der Waals surface area contributed by atoms with E-state index in [1.807, 2.05) is 0 Å². The molecule has 0 unspecified atom stereocenters. The fourth-order valence-electron chi connectivity index (χ4n) is 2.14. The third-order valence-corrected chi connectivity index (χ3v) is 4.16. The van der Waals surface area contributed by atoms with Crippen LogP contribution in [0.2, 0.25) is 0 Å². The molecule has 0 aliphatic heterocycles. The van der Waals surface area contributed by atoms with Crippen LogP contribution in [0.1, 0.15) is 104 Å². The first-order chi connectivity index (χ1) is 9.83. The van der Waals surface area contributed by atoms with Crippen LogP contribution >= 0.6 is 25.3 Å². The molecule has 0 radical (unpaired) electrons. The zero-order valence-corrected chi connectivity index (χ0v) is 16.0. The zero-order valence-electron chi connectivity index (χ0n) is 14.2. The van der Waals surface area contributed by atoms with Gasteiger partial charge in [-0.15, -0.1) is 0 Å². The van der Waals surface area contributed by atoms with E-state index in [0.717, 1.165) is 11.5 Å². The summed E-state index contributed by atoms with van der Waals surface area (Å²) in [6, 6.07) is 0. The van der Waals surface area contributed by atoms with Gasteiger partial charge < -0.3 is 0 Å². The highest BCUT2D eigenvalue weighted by atomic mass is 32.1. The highest BCUT2D eigenvalue weighted by Crippen LogP contribution is 2.10. The van der Waals surface area contributed by atoms with Crippen LogP contribution in [0.5, 0.6) is 0 Å². The van der Waals surface area contributed by atoms with Crippen molar-refractivity contribution in [3.05, 3.63) is 0 Å². The Morgan fingerprint density at radius 3 is 0.950 bits per heavy atom. The molecular formula is C18H40S2. The van der Waals surface area contributed by atoms with Crippen molar-refractivity contribution in [1.29, 1.82) is 0 Å². The smallest absolute Gasteiger partial charge is 0.00979 e. The summed E-state index contributed by atoms with van der Waals surface area (Å²) in [5, 5.41) is 0. The Hall–Kier alpha value is 0.700. The van der Waals surface area contributed by atoms with Gasteiger partial charge in [-0.05, 0) is 24.3 Å². The average Bonchev–Trinajstić information content (AvgIpc) is 2.47. The first kappa shape index (κ1) is 23.0. The standard InChI is InChI=1S/C12H26S.C6H14S/c1-2-3-4-5-6-7-8-9-10-11-12-13;1-2-3-4-5-6-7/h13H,2-12H2,1H3;7H,2-6H2,1H3. The van der Waals surface area contributed by atoms with E-state index in [1.54, 1.807) is 0 Å². The molecule has 0 rings (SSSR count). The summed E-state index contributed by atoms with van der Waals surface area (Å²) in [5.74, 6) is 2.12. The van der Waals surface area contributed by atoms with Crippen LogP contribution in [-0.4, -0.2) is 11.5 Å². The second kappa shape index (κ2) is 24.7. The second-order valence-electron chi connectivity index (χ2n) is 5.69. The van der Waals surface area contributed by atoms with Gasteiger partial charge in [0.2, 0.25) is 0 Å². The van der Waals surface area contributed by atoms with Gasteiger partial charge >= 0.3 is 0 Å². The molecule has 0 fully saturated rings. The molecule has 0 spiro atoms. The second-order valence-corrected chi connectivity index (χ2v) is 6.58. The summed E-state index contributed by atoms with van der Waals surface area (Å²) < 4.78 is 0. The maximum atomic E-state index is 4.20. The van der Waals surface area contributed by atoms with Crippen molar-refractivity contribution in [2.45, 2.75) is 104 Å². The molecule has 0 saturated carbocycles. The molecule has 0 heterocycles. The van der Waals surface area contributed by atoms with E-state index >= 15 is 0 Å². The predicted octanol–water partition coefficient (Wildman–Crippen LogP) is 7.33. The SMILES string of the molecule is CCCCCCCCCCCCS.CCCCCCS. The van der Waals surface area contributed by atoms with E-state index in [0.29, 0.717) is 0 Å². The monoisotopic (exact) mass is 320 g/mol. The lowest BCUT2D eigenvalue weighted by atomic mass is 10.1. The topological polar surface area (TPSA) is 0 Å². The lowest BCUT2D eigenvalue weighted by Crippen LogP contribution is -1.81. The molecule has 20 heavy (non-hydrogen) atoms. The van der Waals surface area contributed by atoms with Crippen molar-refractivity contribution in [3.63, 3.8) is 0 Å². The molecule has 0 aromatic heterocycles. The number of hydrogen-bond donors (Lipinski definition) is 2. The minimum absolute atomic E-state index is 1.06. The molecule has 0 amide bonds. The van der Waals surface area contributed by atoms with Gasteiger partial charge in [0.1, 0.15) is 0 Å². The van der Waals surface area contributed by atoms with Crippen molar-refractivity contribution in [1.82, 2.24) is 0 Å². The van der Waals surface area contributed by atoms with E-state index in [2.05, 4.69) is 39.1 Å². The zero-order chi connectivity index (χ0) is 15.3. The minimum Gasteiger partial charge on any atom is -0.179 e. The summed E-state index contributed by atoms with van der Waals surface area (Å²) >= 11 is 8.30. The van der Waals surface area contributed by atoms with Gasteiger partial charge in [-0.25, -0.2) is 0 Å². The minimum atomic E-state index is 1.06. The summed E-state index contributed by atoms with van der Waals surface area (Å²) in [6.45, 7) is 4.50. The van der Waals surface area contributed by atoms with Gasteiger partial charge in [0, 0.05) is 0 Å². The fraction of sp³-hybridized carbons (Fsp3) is 1.00. The van der Waals surface area contributed by atoms with Gasteiger partial charge in [-0.1, -0.05) is 90.9 Å². The maximum Gasteiger partial charge on any atom is -0.00979 e. The van der Waals surface area contributed by atoms with Gasteiger partial charge in [-0.3, -0.25) is 0 Å². The normalized spacial score (nSPS) is 10.2. The van der Waals surface area contributed by atoms with Crippen LogP contribution in [0.3, 0.4) is 0 Å². The largest absolute Gasteiger partial charge is 0.179 e. The maximum absolute atomic E-state index is 4.20. The molecule has 124 valence electrons. The van der Waals surface area contributed by atoms with Crippen molar-refractivity contribution in [3.8, 4) is 0 Å². The van der Waals surface area contributed by atoms with Gasteiger partial charge in [0.05, 0.1) is 0 Å². The Morgan fingerprint density at radius 2 is 0.650 bits per heavy atom. The summed E-state index contributed by atoms with van der Waals surface area (Å²) in [7, 11) is 0. The van der Waals surface area contributed by atoms with Crippen LogP contribution < -0.4 is 0 Å². The number of hydrogen-bond acceptors (Lipinski definition) is 2. The van der Waals surface area contributed by atoms with Crippen LogP contribution in [0.25, 0.3) is 0 Å². The van der Waals surface area contributed by atoms with Crippen molar-refractivity contribution < 1.29 is 0 Å². The summed E-state index contributed by atoms with van der Waals surface area (Å²) in [6.07, 6.45) is 19.5. The van der Waals surface area contributed by atoms with E-state index < -0.39 is 0 Å². The average molecular weight is 321 g/mol. The summed E-state index contributed by atoms with van der Waals surface area (Å²) in [4.78, 5) is 0. The molecule has 0 saturated heterocycles. The molecule has 0 aromatic rings. The highest BCUT2D eigenvalue weighted by Gasteiger charge is 1.91. The van der Waals surface area contributed by atoms with Crippen molar-refractivity contribution in [2.75, 3.05) is 11.5 Å². The van der Waals surface area contributed by atoms with Crippen LogP contribution in [0, 0.1) is 0 Å².